The Hall–Kier alpha value is -2.23. The lowest BCUT2D eigenvalue weighted by atomic mass is 9.96. The van der Waals surface area contributed by atoms with Crippen LogP contribution in [0.1, 0.15) is 42.3 Å². The molecule has 2 aromatic rings. The number of hydroxylamine groups is 2. The number of para-hydroxylation sites is 1. The van der Waals surface area contributed by atoms with Gasteiger partial charge in [-0.1, -0.05) is 28.1 Å². The summed E-state index contributed by atoms with van der Waals surface area (Å²) < 4.78 is 21.2. The molecule has 1 amide bonds. The van der Waals surface area contributed by atoms with E-state index in [4.69, 9.17) is 9.57 Å². The third-order valence-corrected chi connectivity index (χ3v) is 5.66. The van der Waals surface area contributed by atoms with Crippen molar-refractivity contribution in [3.05, 3.63) is 57.1 Å². The number of halogens is 2. The number of alkyl halides is 1. The number of anilines is 2. The molecule has 3 rings (SSSR count). The minimum Gasteiger partial charge on any atom is -0.373 e. The Morgan fingerprint density at radius 2 is 1.90 bits per heavy atom. The first-order chi connectivity index (χ1) is 14.5. The van der Waals surface area contributed by atoms with Crippen molar-refractivity contribution >= 4 is 33.3 Å². The van der Waals surface area contributed by atoms with Crippen LogP contribution in [0, 0.1) is 12.7 Å². The smallest absolute Gasteiger partial charge is 0.282 e. The topological polar surface area (TPSA) is 72.8 Å². The molecule has 1 aliphatic rings. The number of nitrogens with one attached hydrogen (secondary N) is 1. The van der Waals surface area contributed by atoms with Gasteiger partial charge in [-0.05, 0) is 45.4 Å². The van der Waals surface area contributed by atoms with Gasteiger partial charge in [0, 0.05) is 19.0 Å². The van der Waals surface area contributed by atoms with Gasteiger partial charge in [0.05, 0.1) is 30.1 Å². The summed E-state index contributed by atoms with van der Waals surface area (Å²) in [6.45, 7) is 7.99. The van der Waals surface area contributed by atoms with Gasteiger partial charge in [-0.15, -0.1) is 0 Å². The SMILES string of the molecule is Cc1c2c(c(Nc3ccccc3F)n(C)c1=O)C(=O)N(OCCOC(C)(C)C)C(Br)C2. The largest absolute Gasteiger partial charge is 0.373 e. The van der Waals surface area contributed by atoms with Crippen LogP contribution in [-0.2, 0) is 23.0 Å². The zero-order chi connectivity index (χ0) is 22.9. The van der Waals surface area contributed by atoms with Crippen molar-refractivity contribution in [2.45, 2.75) is 44.7 Å². The number of hydrogen-bond acceptors (Lipinski definition) is 5. The molecule has 1 aliphatic heterocycles. The maximum Gasteiger partial charge on any atom is 0.282 e. The van der Waals surface area contributed by atoms with Gasteiger partial charge in [0.2, 0.25) is 0 Å². The zero-order valence-electron chi connectivity index (χ0n) is 18.3. The molecule has 0 aliphatic carbocycles. The van der Waals surface area contributed by atoms with Gasteiger partial charge in [-0.25, -0.2) is 9.45 Å². The van der Waals surface area contributed by atoms with E-state index < -0.39 is 16.7 Å². The van der Waals surface area contributed by atoms with Crippen molar-refractivity contribution in [3.8, 4) is 0 Å². The molecule has 0 radical (unpaired) electrons. The molecule has 7 nitrogen and oxygen atoms in total. The summed E-state index contributed by atoms with van der Waals surface area (Å²) in [5.41, 5.74) is 0.975. The molecule has 0 saturated heterocycles. The van der Waals surface area contributed by atoms with Crippen molar-refractivity contribution in [2.24, 2.45) is 7.05 Å². The Kier molecular flexibility index (Phi) is 6.88. The van der Waals surface area contributed by atoms with Crippen LogP contribution >= 0.6 is 15.9 Å². The predicted octanol–water partition coefficient (Wildman–Crippen LogP) is 4.04. The van der Waals surface area contributed by atoms with E-state index in [9.17, 15) is 14.0 Å². The highest BCUT2D eigenvalue weighted by Crippen LogP contribution is 2.33. The summed E-state index contributed by atoms with van der Waals surface area (Å²) in [5, 5.41) is 4.18. The maximum absolute atomic E-state index is 14.3. The summed E-state index contributed by atoms with van der Waals surface area (Å²) >= 11 is 3.49. The van der Waals surface area contributed by atoms with Gasteiger partial charge >= 0.3 is 0 Å². The van der Waals surface area contributed by atoms with Crippen molar-refractivity contribution in [2.75, 3.05) is 18.5 Å². The van der Waals surface area contributed by atoms with Gasteiger partial charge < -0.3 is 10.1 Å². The predicted molar refractivity (Wildman–Crippen MR) is 120 cm³/mol. The molecule has 1 aromatic heterocycles. The van der Waals surface area contributed by atoms with Crippen LogP contribution in [-0.4, -0.2) is 39.3 Å². The Bertz CT molecular complexity index is 1050. The van der Waals surface area contributed by atoms with Crippen LogP contribution in [0.4, 0.5) is 15.9 Å². The number of fused-ring (bicyclic) bond motifs is 1. The van der Waals surface area contributed by atoms with E-state index in [2.05, 4.69) is 21.2 Å². The maximum atomic E-state index is 14.3. The van der Waals surface area contributed by atoms with E-state index in [1.165, 1.54) is 15.7 Å². The number of carbonyl (C=O) groups excluding carboxylic acids is 1. The molecule has 9 heteroatoms. The molecule has 168 valence electrons. The lowest BCUT2D eigenvalue weighted by Crippen LogP contribution is -2.45. The van der Waals surface area contributed by atoms with E-state index in [0.717, 1.165) is 0 Å². The summed E-state index contributed by atoms with van der Waals surface area (Å²) in [4.78, 5) is 31.5. The second-order valence-corrected chi connectivity index (χ2v) is 9.42. The number of ether oxygens (including phenoxy) is 1. The normalized spacial score (nSPS) is 16.4. The molecule has 0 bridgehead atoms. The van der Waals surface area contributed by atoms with Crippen molar-refractivity contribution < 1.29 is 18.8 Å². The zero-order valence-corrected chi connectivity index (χ0v) is 19.9. The lowest BCUT2D eigenvalue weighted by molar-refractivity contribution is -0.153. The highest BCUT2D eigenvalue weighted by molar-refractivity contribution is 9.09. The van der Waals surface area contributed by atoms with E-state index in [1.54, 1.807) is 32.2 Å². The standard InChI is InChI=1S/C22H27BrFN3O4/c1-13-14-12-17(23)27(31-11-10-30-22(2,3)4)21(29)18(14)19(26(5)20(13)28)25-16-9-7-6-8-15(16)24/h6-9,17,25H,10-12H2,1-5H3. The number of aromatic nitrogens is 1. The minimum absolute atomic E-state index is 0.170. The third-order valence-electron chi connectivity index (χ3n) is 4.97. The average molecular weight is 496 g/mol. The second-order valence-electron chi connectivity index (χ2n) is 8.36. The molecular formula is C22H27BrFN3O4. The number of benzene rings is 1. The van der Waals surface area contributed by atoms with Gasteiger partial charge in [0.15, 0.2) is 0 Å². The first-order valence-electron chi connectivity index (χ1n) is 9.99. The van der Waals surface area contributed by atoms with Crippen LogP contribution in [0.25, 0.3) is 0 Å². The Balaban J connectivity index is 1.97. The summed E-state index contributed by atoms with van der Waals surface area (Å²) in [6.07, 6.45) is 0.370. The minimum atomic E-state index is -0.488. The van der Waals surface area contributed by atoms with Crippen molar-refractivity contribution in [1.29, 1.82) is 0 Å². The number of pyridine rings is 1. The number of carbonyl (C=O) groups is 1. The van der Waals surface area contributed by atoms with E-state index in [-0.39, 0.29) is 34.8 Å². The third kappa shape index (κ3) is 4.99. The lowest BCUT2D eigenvalue weighted by Gasteiger charge is -2.34. The molecule has 1 aromatic carbocycles. The first kappa shape index (κ1) is 23.4. The molecule has 2 heterocycles. The number of hydrogen-bond donors (Lipinski definition) is 1. The van der Waals surface area contributed by atoms with Gasteiger partial charge in [-0.3, -0.25) is 19.0 Å². The molecule has 0 saturated carbocycles. The summed E-state index contributed by atoms with van der Waals surface area (Å²) in [7, 11) is 1.55. The fraction of sp³-hybridized carbons (Fsp3) is 0.455. The molecular weight excluding hydrogens is 469 g/mol. The Morgan fingerprint density at radius 3 is 2.55 bits per heavy atom. The molecule has 0 fully saturated rings. The Morgan fingerprint density at radius 1 is 1.23 bits per heavy atom. The molecule has 1 atom stereocenters. The number of nitrogens with zero attached hydrogens (tertiary/aromatic N) is 2. The van der Waals surface area contributed by atoms with Crippen LogP contribution in [0.5, 0.6) is 0 Å². The summed E-state index contributed by atoms with van der Waals surface area (Å²) in [6, 6.07) is 6.10. The molecule has 1 unspecified atom stereocenters. The molecule has 0 spiro atoms. The van der Waals surface area contributed by atoms with Crippen molar-refractivity contribution in [1.82, 2.24) is 9.63 Å². The fourth-order valence-corrected chi connectivity index (χ4v) is 4.04. The monoisotopic (exact) mass is 495 g/mol. The van der Waals surface area contributed by atoms with E-state index in [1.807, 2.05) is 20.8 Å². The Labute approximate surface area is 189 Å². The molecule has 31 heavy (non-hydrogen) atoms. The highest BCUT2D eigenvalue weighted by Gasteiger charge is 2.37. The van der Waals surface area contributed by atoms with E-state index in [0.29, 0.717) is 24.2 Å². The number of rotatable bonds is 6. The van der Waals surface area contributed by atoms with Crippen LogP contribution in [0.2, 0.25) is 0 Å². The quantitative estimate of drug-likeness (QED) is 0.371. The van der Waals surface area contributed by atoms with Crippen LogP contribution < -0.4 is 10.9 Å². The fourth-order valence-electron chi connectivity index (χ4n) is 3.41. The second kappa shape index (κ2) is 9.10. The molecule has 1 N–H and O–H groups in total. The van der Waals surface area contributed by atoms with Gasteiger partial charge in [0.25, 0.3) is 11.5 Å². The number of amides is 1. The van der Waals surface area contributed by atoms with Crippen LogP contribution in [0.15, 0.2) is 29.1 Å². The van der Waals surface area contributed by atoms with E-state index >= 15 is 0 Å². The summed E-state index contributed by atoms with van der Waals surface area (Å²) in [5.74, 6) is -0.686. The van der Waals surface area contributed by atoms with Crippen molar-refractivity contribution in [3.63, 3.8) is 0 Å². The van der Waals surface area contributed by atoms with Gasteiger partial charge in [-0.2, -0.15) is 0 Å². The highest BCUT2D eigenvalue weighted by atomic mass is 79.9. The van der Waals surface area contributed by atoms with Crippen LogP contribution in [0.3, 0.4) is 0 Å². The average Bonchev–Trinajstić information content (AvgIpc) is 2.69. The van der Waals surface area contributed by atoms with Gasteiger partial charge in [0.1, 0.15) is 16.6 Å². The first-order valence-corrected chi connectivity index (χ1v) is 10.9.